The number of para-hydroxylation sites is 1. The Kier molecular flexibility index (Phi) is 7.16. The molecule has 9 aromatic carbocycles. The number of aromatic nitrogens is 1. The van der Waals surface area contributed by atoms with E-state index in [0.29, 0.717) is 5.89 Å². The average Bonchev–Trinajstić information content (AvgIpc) is 4.01. The molecule has 0 radical (unpaired) electrons. The number of nitrogens with zero attached hydrogens (tertiary/aromatic N) is 2. The fraction of sp³-hybridized carbons (Fsp3) is 0. The van der Waals surface area contributed by atoms with Crippen LogP contribution < -0.4 is 4.90 Å². The largest absolute Gasteiger partial charge is 0.456 e. The molecule has 0 amide bonds. The van der Waals surface area contributed by atoms with Crippen LogP contribution in [0.15, 0.2) is 207 Å². The topological polar surface area (TPSA) is 55.6 Å². The van der Waals surface area contributed by atoms with Gasteiger partial charge in [0.1, 0.15) is 27.8 Å². The summed E-state index contributed by atoms with van der Waals surface area (Å²) < 4.78 is 19.0. The molecule has 0 unspecified atom stereocenters. The Bertz CT molecular complexity index is 3500. The lowest BCUT2D eigenvalue weighted by Gasteiger charge is -2.26. The van der Waals surface area contributed by atoms with Crippen molar-refractivity contribution in [2.75, 3.05) is 4.90 Å². The Balaban J connectivity index is 0.954. The Hall–Kier alpha value is -7.89. The summed E-state index contributed by atoms with van der Waals surface area (Å²) in [6.07, 6.45) is 0. The average molecular weight is 745 g/mol. The van der Waals surface area contributed by atoms with Gasteiger partial charge in [-0.1, -0.05) is 115 Å². The molecule has 5 nitrogen and oxygen atoms in total. The van der Waals surface area contributed by atoms with Crippen molar-refractivity contribution in [1.29, 1.82) is 0 Å². The number of anilines is 3. The molecule has 0 saturated carbocycles. The van der Waals surface area contributed by atoms with Crippen LogP contribution in [0.2, 0.25) is 0 Å². The second kappa shape index (κ2) is 12.8. The standard InChI is InChI=1S/C53H32N2O3/c1-2-11-36(12-3-1)53-54-52-48(58-53)31-30-47-51(52)43-29-24-37(32-49(43)57-47)33-20-25-38(26-21-33)55(44-17-9-19-46-50(44)42-15-6-7-18-45(42)56-46)39-27-22-35(23-28-39)41-16-8-13-34-10-4-5-14-40(34)41/h1-32H. The van der Waals surface area contributed by atoms with E-state index in [1.54, 1.807) is 0 Å². The van der Waals surface area contributed by atoms with E-state index in [0.717, 1.165) is 88.7 Å². The Labute approximate surface area is 332 Å². The van der Waals surface area contributed by atoms with E-state index < -0.39 is 0 Å². The zero-order chi connectivity index (χ0) is 38.2. The van der Waals surface area contributed by atoms with E-state index >= 15 is 0 Å². The number of furan rings is 2. The van der Waals surface area contributed by atoms with Crippen LogP contribution >= 0.6 is 0 Å². The Morgan fingerprint density at radius 2 is 0.983 bits per heavy atom. The van der Waals surface area contributed by atoms with Gasteiger partial charge in [0, 0.05) is 27.7 Å². The zero-order valence-electron chi connectivity index (χ0n) is 31.1. The third kappa shape index (κ3) is 5.14. The maximum atomic E-state index is 6.45. The molecule has 0 atom stereocenters. The second-order valence-electron chi connectivity index (χ2n) is 14.7. The van der Waals surface area contributed by atoms with E-state index in [9.17, 15) is 0 Å². The van der Waals surface area contributed by atoms with Gasteiger partial charge in [-0.15, -0.1) is 0 Å². The number of rotatable bonds is 6. The molecule has 3 aromatic heterocycles. The van der Waals surface area contributed by atoms with Crippen molar-refractivity contribution in [3.63, 3.8) is 0 Å². The van der Waals surface area contributed by atoms with Crippen molar-refractivity contribution >= 4 is 82.8 Å². The van der Waals surface area contributed by atoms with E-state index in [1.807, 2.05) is 60.7 Å². The third-order valence-corrected chi connectivity index (χ3v) is 11.3. The highest BCUT2D eigenvalue weighted by molar-refractivity contribution is 6.17. The van der Waals surface area contributed by atoms with E-state index in [4.69, 9.17) is 18.2 Å². The number of fused-ring (bicyclic) bond motifs is 9. The molecule has 0 aliphatic carbocycles. The first kappa shape index (κ1) is 32.4. The van der Waals surface area contributed by atoms with E-state index in [1.165, 1.54) is 21.9 Å². The van der Waals surface area contributed by atoms with Gasteiger partial charge in [0.25, 0.3) is 0 Å². The van der Waals surface area contributed by atoms with E-state index in [-0.39, 0.29) is 0 Å². The lowest BCUT2D eigenvalue weighted by molar-refractivity contribution is 0.619. The monoisotopic (exact) mass is 744 g/mol. The summed E-state index contributed by atoms with van der Waals surface area (Å²) in [5, 5.41) is 6.60. The minimum atomic E-state index is 0.598. The summed E-state index contributed by atoms with van der Waals surface area (Å²) in [6, 6.07) is 67.6. The van der Waals surface area contributed by atoms with Crippen molar-refractivity contribution in [2.45, 2.75) is 0 Å². The molecule has 0 aliphatic heterocycles. The van der Waals surface area contributed by atoms with Gasteiger partial charge in [0.2, 0.25) is 5.89 Å². The fourth-order valence-electron chi connectivity index (χ4n) is 8.58. The SMILES string of the molecule is c1ccc(-c2nc3c(ccc4oc5cc(-c6ccc(N(c7ccc(-c8cccc9ccccc89)cc7)c7cccc8oc9ccccc9c78)cc6)ccc5c43)o2)cc1. The van der Waals surface area contributed by atoms with Gasteiger partial charge in [-0.3, -0.25) is 0 Å². The number of hydrogen-bond acceptors (Lipinski definition) is 5. The first-order chi connectivity index (χ1) is 28.7. The highest BCUT2D eigenvalue weighted by atomic mass is 16.4. The highest BCUT2D eigenvalue weighted by Gasteiger charge is 2.21. The molecule has 3 heterocycles. The van der Waals surface area contributed by atoms with Crippen LogP contribution in [-0.4, -0.2) is 4.98 Å². The molecular weight excluding hydrogens is 713 g/mol. The molecule has 12 aromatic rings. The second-order valence-corrected chi connectivity index (χ2v) is 14.7. The van der Waals surface area contributed by atoms with Crippen LogP contribution in [0.4, 0.5) is 17.1 Å². The van der Waals surface area contributed by atoms with Gasteiger partial charge in [-0.05, 0) is 112 Å². The lowest BCUT2D eigenvalue weighted by Crippen LogP contribution is -2.10. The maximum absolute atomic E-state index is 6.45. The van der Waals surface area contributed by atoms with Gasteiger partial charge < -0.3 is 18.2 Å². The normalized spacial score (nSPS) is 11.8. The fourth-order valence-corrected chi connectivity index (χ4v) is 8.58. The molecule has 0 fully saturated rings. The summed E-state index contributed by atoms with van der Waals surface area (Å²) >= 11 is 0. The van der Waals surface area contributed by atoms with Gasteiger partial charge in [0.15, 0.2) is 5.58 Å². The summed E-state index contributed by atoms with van der Waals surface area (Å²) in [6.45, 7) is 0. The van der Waals surface area contributed by atoms with Crippen molar-refractivity contribution < 1.29 is 13.3 Å². The molecule has 12 rings (SSSR count). The highest BCUT2D eigenvalue weighted by Crippen LogP contribution is 2.44. The minimum Gasteiger partial charge on any atom is -0.456 e. The van der Waals surface area contributed by atoms with Crippen molar-refractivity contribution in [1.82, 2.24) is 4.98 Å². The smallest absolute Gasteiger partial charge is 0.227 e. The Morgan fingerprint density at radius 1 is 0.362 bits per heavy atom. The van der Waals surface area contributed by atoms with Crippen LogP contribution in [0.3, 0.4) is 0 Å². The van der Waals surface area contributed by atoms with Gasteiger partial charge >= 0.3 is 0 Å². The van der Waals surface area contributed by atoms with Gasteiger partial charge in [-0.2, -0.15) is 0 Å². The molecule has 0 N–H and O–H groups in total. The third-order valence-electron chi connectivity index (χ3n) is 11.3. The molecule has 0 spiro atoms. The van der Waals surface area contributed by atoms with E-state index in [2.05, 4.69) is 138 Å². The minimum absolute atomic E-state index is 0.598. The zero-order valence-corrected chi connectivity index (χ0v) is 31.1. The van der Waals surface area contributed by atoms with Crippen molar-refractivity contribution in [2.24, 2.45) is 0 Å². The summed E-state index contributed by atoms with van der Waals surface area (Å²) in [5.41, 5.74) is 13.5. The molecule has 0 bridgehead atoms. The molecule has 0 aliphatic rings. The van der Waals surface area contributed by atoms with Crippen LogP contribution in [0.5, 0.6) is 0 Å². The molecule has 0 saturated heterocycles. The molecule has 58 heavy (non-hydrogen) atoms. The summed E-state index contributed by atoms with van der Waals surface area (Å²) in [7, 11) is 0. The van der Waals surface area contributed by atoms with Gasteiger partial charge in [0.05, 0.1) is 16.5 Å². The quantitative estimate of drug-likeness (QED) is 0.170. The van der Waals surface area contributed by atoms with Crippen LogP contribution in [-0.2, 0) is 0 Å². The number of hydrogen-bond donors (Lipinski definition) is 0. The summed E-state index contributed by atoms with van der Waals surface area (Å²) in [5.74, 6) is 0.598. The number of oxazole rings is 1. The predicted octanol–water partition coefficient (Wildman–Crippen LogP) is 15.3. The summed E-state index contributed by atoms with van der Waals surface area (Å²) in [4.78, 5) is 7.25. The molecule has 5 heteroatoms. The molecule has 272 valence electrons. The van der Waals surface area contributed by atoms with Crippen LogP contribution in [0, 0.1) is 0 Å². The van der Waals surface area contributed by atoms with Crippen molar-refractivity contribution in [3.05, 3.63) is 194 Å². The van der Waals surface area contributed by atoms with Crippen LogP contribution in [0.25, 0.3) is 99.5 Å². The van der Waals surface area contributed by atoms with Crippen LogP contribution in [0.1, 0.15) is 0 Å². The molecular formula is C53H32N2O3. The predicted molar refractivity (Wildman–Crippen MR) is 237 cm³/mol. The Morgan fingerprint density at radius 3 is 1.83 bits per heavy atom. The number of benzene rings is 9. The van der Waals surface area contributed by atoms with Gasteiger partial charge in [-0.25, -0.2) is 4.98 Å². The van der Waals surface area contributed by atoms with Crippen molar-refractivity contribution in [3.8, 4) is 33.7 Å². The lowest BCUT2D eigenvalue weighted by atomic mass is 9.98. The first-order valence-electron chi connectivity index (χ1n) is 19.4. The first-order valence-corrected chi connectivity index (χ1v) is 19.4. The maximum Gasteiger partial charge on any atom is 0.227 e.